The quantitative estimate of drug-likeness (QED) is 0.494. The van der Waals surface area contributed by atoms with Crippen molar-refractivity contribution in [2.24, 2.45) is 9.98 Å². The van der Waals surface area contributed by atoms with Crippen LogP contribution in [0.2, 0.25) is 5.02 Å². The lowest BCUT2D eigenvalue weighted by molar-refractivity contribution is -0.113. The molecule has 1 amide bonds. The number of aliphatic imine (C=N–C) groups is 2. The highest BCUT2D eigenvalue weighted by atomic mass is 79.9. The van der Waals surface area contributed by atoms with Crippen LogP contribution in [0.5, 0.6) is 11.5 Å². The number of anilines is 1. The van der Waals surface area contributed by atoms with Gasteiger partial charge in [0.25, 0.3) is 0 Å². The predicted molar refractivity (Wildman–Crippen MR) is 135 cm³/mol. The first-order valence-corrected chi connectivity index (χ1v) is 12.4. The van der Waals surface area contributed by atoms with E-state index in [1.54, 1.807) is 12.1 Å². The van der Waals surface area contributed by atoms with Crippen molar-refractivity contribution in [3.05, 3.63) is 51.5 Å². The Morgan fingerprint density at radius 1 is 1.12 bits per heavy atom. The second-order valence-corrected chi connectivity index (χ2v) is 9.88. The molecule has 32 heavy (non-hydrogen) atoms. The number of ether oxygens (including phenoxy) is 2. The van der Waals surface area contributed by atoms with E-state index in [1.807, 2.05) is 24.3 Å². The molecule has 0 unspecified atom stereocenters. The van der Waals surface area contributed by atoms with Crippen LogP contribution in [0.15, 0.2) is 50.9 Å². The van der Waals surface area contributed by atoms with Gasteiger partial charge in [-0.05, 0) is 43.9 Å². The van der Waals surface area contributed by atoms with Crippen LogP contribution in [0.4, 0.5) is 5.69 Å². The Balaban J connectivity index is 1.49. The standard InChI is InChI=1S/C23H23BrClN3O3S/c1-30-18-12-19(31-2)17(11-16(18)25)26-20(29)13-32-22-21(14-5-7-15(24)8-6-14)27-23(28-22)9-3-4-10-23/h5-8,11-12H,3-4,9-10,13H2,1-2H3,(H,26,29). The Bertz CT molecular complexity index is 1080. The largest absolute Gasteiger partial charge is 0.495 e. The molecule has 0 bridgehead atoms. The summed E-state index contributed by atoms with van der Waals surface area (Å²) in [6, 6.07) is 11.3. The minimum atomic E-state index is -0.367. The number of methoxy groups -OCH3 is 2. The van der Waals surface area contributed by atoms with E-state index < -0.39 is 0 Å². The molecule has 168 valence electrons. The SMILES string of the molecule is COc1cc(OC)c(NC(=O)CSC2=NC3(CCCC3)N=C2c2ccc(Br)cc2)cc1Cl. The monoisotopic (exact) mass is 535 g/mol. The van der Waals surface area contributed by atoms with Crippen LogP contribution >= 0.6 is 39.3 Å². The summed E-state index contributed by atoms with van der Waals surface area (Å²) in [5.41, 5.74) is 1.99. The molecule has 4 rings (SSSR count). The van der Waals surface area contributed by atoms with Gasteiger partial charge in [-0.25, -0.2) is 4.99 Å². The summed E-state index contributed by atoms with van der Waals surface area (Å²) in [6.45, 7) is 0. The fourth-order valence-electron chi connectivity index (χ4n) is 3.86. The molecule has 1 heterocycles. The lowest BCUT2D eigenvalue weighted by Gasteiger charge is -2.14. The number of hydrogen-bond donors (Lipinski definition) is 1. The highest BCUT2D eigenvalue weighted by Crippen LogP contribution is 2.40. The van der Waals surface area contributed by atoms with E-state index in [0.29, 0.717) is 22.2 Å². The highest BCUT2D eigenvalue weighted by molar-refractivity contribution is 9.10. The molecule has 1 N–H and O–H groups in total. The van der Waals surface area contributed by atoms with Crippen LogP contribution in [-0.4, -0.2) is 42.3 Å². The summed E-state index contributed by atoms with van der Waals surface area (Å²) in [7, 11) is 3.06. The molecule has 2 aliphatic rings. The van der Waals surface area contributed by atoms with E-state index in [9.17, 15) is 4.79 Å². The molecule has 1 spiro atoms. The van der Waals surface area contributed by atoms with Gasteiger partial charge in [-0.15, -0.1) is 0 Å². The normalized spacial score (nSPS) is 16.6. The number of carbonyl (C=O) groups is 1. The average molecular weight is 537 g/mol. The van der Waals surface area contributed by atoms with Gasteiger partial charge in [0.1, 0.15) is 16.5 Å². The van der Waals surface area contributed by atoms with Crippen molar-refractivity contribution in [1.29, 1.82) is 0 Å². The number of nitrogens with one attached hydrogen (secondary N) is 1. The molecule has 0 aromatic heterocycles. The van der Waals surface area contributed by atoms with Crippen molar-refractivity contribution in [1.82, 2.24) is 0 Å². The van der Waals surface area contributed by atoms with E-state index in [2.05, 4.69) is 21.2 Å². The number of hydrogen-bond acceptors (Lipinski definition) is 6. The van der Waals surface area contributed by atoms with Crippen molar-refractivity contribution >= 4 is 61.6 Å². The number of thioether (sulfide) groups is 1. The molecule has 6 nitrogen and oxygen atoms in total. The number of amides is 1. The summed E-state index contributed by atoms with van der Waals surface area (Å²) >= 11 is 11.1. The van der Waals surface area contributed by atoms with Gasteiger partial charge in [0.05, 0.1) is 36.4 Å². The van der Waals surface area contributed by atoms with E-state index in [-0.39, 0.29) is 17.3 Å². The molecule has 9 heteroatoms. The Morgan fingerprint density at radius 3 is 2.47 bits per heavy atom. The predicted octanol–water partition coefficient (Wildman–Crippen LogP) is 5.96. The molecule has 1 saturated carbocycles. The van der Waals surface area contributed by atoms with Crippen LogP contribution in [0.25, 0.3) is 0 Å². The van der Waals surface area contributed by atoms with Gasteiger partial charge in [0, 0.05) is 16.1 Å². The summed E-state index contributed by atoms with van der Waals surface area (Å²) in [6.07, 6.45) is 4.14. The van der Waals surface area contributed by atoms with Gasteiger partial charge < -0.3 is 14.8 Å². The molecule has 1 fully saturated rings. The first-order valence-electron chi connectivity index (χ1n) is 10.2. The molecule has 2 aromatic carbocycles. The first kappa shape index (κ1) is 23.1. The van der Waals surface area contributed by atoms with Gasteiger partial charge in [-0.2, -0.15) is 0 Å². The highest BCUT2D eigenvalue weighted by Gasteiger charge is 2.39. The van der Waals surface area contributed by atoms with Crippen molar-refractivity contribution in [2.75, 3.05) is 25.3 Å². The third kappa shape index (κ3) is 4.97. The maximum atomic E-state index is 12.7. The van der Waals surface area contributed by atoms with Gasteiger partial charge in [-0.3, -0.25) is 9.79 Å². The second kappa shape index (κ2) is 9.85. The molecule has 2 aromatic rings. The Labute approximate surface area is 205 Å². The van der Waals surface area contributed by atoms with E-state index in [0.717, 1.165) is 46.5 Å². The van der Waals surface area contributed by atoms with Crippen LogP contribution in [0, 0.1) is 0 Å². The number of benzene rings is 2. The molecule has 1 aliphatic heterocycles. The summed E-state index contributed by atoms with van der Waals surface area (Å²) in [5, 5.41) is 4.08. The fourth-order valence-corrected chi connectivity index (χ4v) is 5.24. The number of carbonyl (C=O) groups excluding carboxylic acids is 1. The molecule has 1 aliphatic carbocycles. The minimum Gasteiger partial charge on any atom is -0.495 e. The second-order valence-electron chi connectivity index (χ2n) is 7.60. The summed E-state index contributed by atoms with van der Waals surface area (Å²) < 4.78 is 11.6. The zero-order valence-electron chi connectivity index (χ0n) is 17.8. The third-order valence-electron chi connectivity index (χ3n) is 5.44. The van der Waals surface area contributed by atoms with Gasteiger partial charge in [-0.1, -0.05) is 51.4 Å². The lowest BCUT2D eigenvalue weighted by atomic mass is 10.1. The molecule has 0 radical (unpaired) electrons. The zero-order valence-corrected chi connectivity index (χ0v) is 20.9. The van der Waals surface area contributed by atoms with E-state index in [4.69, 9.17) is 31.1 Å². The van der Waals surface area contributed by atoms with E-state index >= 15 is 0 Å². The number of rotatable bonds is 6. The van der Waals surface area contributed by atoms with Crippen LogP contribution in [-0.2, 0) is 4.79 Å². The number of halogens is 2. The number of nitrogens with zero attached hydrogens (tertiary/aromatic N) is 2. The Morgan fingerprint density at radius 2 is 1.81 bits per heavy atom. The van der Waals surface area contributed by atoms with Crippen molar-refractivity contribution in [2.45, 2.75) is 31.3 Å². The average Bonchev–Trinajstić information content (AvgIpc) is 3.39. The topological polar surface area (TPSA) is 72.3 Å². The maximum absolute atomic E-state index is 12.7. The summed E-state index contributed by atoms with van der Waals surface area (Å²) in [4.78, 5) is 22.7. The van der Waals surface area contributed by atoms with Crippen molar-refractivity contribution in [3.8, 4) is 11.5 Å². The Hall–Kier alpha value is -2.03. The maximum Gasteiger partial charge on any atom is 0.234 e. The molecular formula is C23H23BrClN3O3S. The van der Waals surface area contributed by atoms with Crippen LogP contribution in [0.1, 0.15) is 31.2 Å². The van der Waals surface area contributed by atoms with Crippen molar-refractivity contribution < 1.29 is 14.3 Å². The molecule has 0 saturated heterocycles. The van der Waals surface area contributed by atoms with Crippen LogP contribution < -0.4 is 14.8 Å². The van der Waals surface area contributed by atoms with Gasteiger partial charge >= 0.3 is 0 Å². The first-order chi connectivity index (χ1) is 15.4. The lowest BCUT2D eigenvalue weighted by Crippen LogP contribution is -2.18. The summed E-state index contributed by atoms with van der Waals surface area (Å²) in [5.74, 6) is 0.968. The molecule has 0 atom stereocenters. The van der Waals surface area contributed by atoms with Crippen molar-refractivity contribution in [3.63, 3.8) is 0 Å². The van der Waals surface area contributed by atoms with Gasteiger partial charge in [0.2, 0.25) is 5.91 Å². The third-order valence-corrected chi connectivity index (χ3v) is 7.23. The smallest absolute Gasteiger partial charge is 0.234 e. The fraction of sp³-hybridized carbons (Fsp3) is 0.348. The van der Waals surface area contributed by atoms with Gasteiger partial charge in [0.15, 0.2) is 5.66 Å². The minimum absolute atomic E-state index is 0.181. The van der Waals surface area contributed by atoms with Crippen LogP contribution in [0.3, 0.4) is 0 Å². The Kier molecular flexibility index (Phi) is 7.12. The van der Waals surface area contributed by atoms with E-state index in [1.165, 1.54) is 26.0 Å². The molecular weight excluding hydrogens is 514 g/mol. The zero-order chi connectivity index (χ0) is 22.7.